The summed E-state index contributed by atoms with van der Waals surface area (Å²) in [6.07, 6.45) is 6.95. The van der Waals surface area contributed by atoms with Gasteiger partial charge in [-0.05, 0) is 44.5 Å². The van der Waals surface area contributed by atoms with Gasteiger partial charge in [-0.1, -0.05) is 36.9 Å². The van der Waals surface area contributed by atoms with Gasteiger partial charge in [0.1, 0.15) is 0 Å². The third kappa shape index (κ3) is 4.39. The van der Waals surface area contributed by atoms with Crippen LogP contribution in [0.3, 0.4) is 0 Å². The molecule has 0 saturated heterocycles. The molecule has 1 aromatic rings. The van der Waals surface area contributed by atoms with Gasteiger partial charge < -0.3 is 10.2 Å². The summed E-state index contributed by atoms with van der Waals surface area (Å²) < 4.78 is 0. The Labute approximate surface area is 122 Å². The number of rotatable bonds is 5. The second-order valence-corrected chi connectivity index (χ2v) is 6.09. The summed E-state index contributed by atoms with van der Waals surface area (Å²) in [5.41, 5.74) is 2.41. The van der Waals surface area contributed by atoms with Crippen molar-refractivity contribution in [1.29, 1.82) is 0 Å². The topological polar surface area (TPSA) is 15.3 Å². The van der Waals surface area contributed by atoms with E-state index in [1.807, 2.05) is 12.1 Å². The molecule has 1 fully saturated rings. The van der Waals surface area contributed by atoms with E-state index in [4.69, 9.17) is 11.6 Å². The number of anilines is 1. The molecule has 0 radical (unpaired) electrons. The van der Waals surface area contributed by atoms with Crippen molar-refractivity contribution >= 4 is 17.3 Å². The van der Waals surface area contributed by atoms with Crippen LogP contribution in [0.4, 0.5) is 5.69 Å². The maximum absolute atomic E-state index is 6.03. The van der Waals surface area contributed by atoms with Crippen molar-refractivity contribution in [3.8, 4) is 0 Å². The van der Waals surface area contributed by atoms with Crippen molar-refractivity contribution in [1.82, 2.24) is 4.90 Å². The zero-order chi connectivity index (χ0) is 13.7. The number of hydrogen-bond donors (Lipinski definition) is 1. The lowest BCUT2D eigenvalue weighted by molar-refractivity contribution is 0.198. The highest BCUT2D eigenvalue weighted by Gasteiger charge is 2.17. The monoisotopic (exact) mass is 280 g/mol. The van der Waals surface area contributed by atoms with E-state index >= 15 is 0 Å². The maximum Gasteiger partial charge on any atom is 0.0426 e. The zero-order valence-electron chi connectivity index (χ0n) is 12.1. The highest BCUT2D eigenvalue weighted by atomic mass is 35.5. The van der Waals surface area contributed by atoms with E-state index in [9.17, 15) is 0 Å². The average Bonchev–Trinajstić information content (AvgIpc) is 2.43. The molecule has 1 aromatic carbocycles. The molecule has 0 spiro atoms. The lowest BCUT2D eigenvalue weighted by Crippen LogP contribution is -2.36. The lowest BCUT2D eigenvalue weighted by Gasteiger charge is -2.31. The smallest absolute Gasteiger partial charge is 0.0426 e. The summed E-state index contributed by atoms with van der Waals surface area (Å²) in [5, 5.41) is 4.30. The van der Waals surface area contributed by atoms with Gasteiger partial charge in [0.25, 0.3) is 0 Å². The van der Waals surface area contributed by atoms with Crippen molar-refractivity contribution < 1.29 is 0 Å². The predicted molar refractivity (Wildman–Crippen MR) is 84.2 cm³/mol. The molecule has 0 heterocycles. The number of halogens is 1. The van der Waals surface area contributed by atoms with E-state index in [1.54, 1.807) is 0 Å². The quantitative estimate of drug-likeness (QED) is 0.864. The minimum absolute atomic E-state index is 0.788. The first-order chi connectivity index (χ1) is 9.16. The first kappa shape index (κ1) is 14.7. The molecular formula is C16H25ClN2. The summed E-state index contributed by atoms with van der Waals surface area (Å²) in [4.78, 5) is 2.51. The van der Waals surface area contributed by atoms with Gasteiger partial charge >= 0.3 is 0 Å². The highest BCUT2D eigenvalue weighted by Crippen LogP contribution is 2.22. The summed E-state index contributed by atoms with van der Waals surface area (Å²) in [6.45, 7) is 4.19. The Bertz CT molecular complexity index is 400. The lowest BCUT2D eigenvalue weighted by atomic mass is 9.94. The van der Waals surface area contributed by atoms with Crippen LogP contribution in [0.2, 0.25) is 5.02 Å². The normalized spacial score (nSPS) is 16.8. The molecule has 3 heteroatoms. The van der Waals surface area contributed by atoms with E-state index in [2.05, 4.69) is 30.3 Å². The molecule has 0 bridgehead atoms. The SMILES string of the molecule is Cc1ccc(Cl)cc1NCCN(C)C1CCCCC1. The number of aryl methyl sites for hydroxylation is 1. The Balaban J connectivity index is 1.77. The third-order valence-corrected chi connectivity index (χ3v) is 4.41. The van der Waals surface area contributed by atoms with Crippen molar-refractivity contribution in [3.05, 3.63) is 28.8 Å². The fourth-order valence-electron chi connectivity index (χ4n) is 2.86. The minimum atomic E-state index is 0.788. The Hall–Kier alpha value is -0.730. The first-order valence-corrected chi connectivity index (χ1v) is 7.75. The molecule has 0 unspecified atom stereocenters. The number of nitrogens with zero attached hydrogens (tertiary/aromatic N) is 1. The average molecular weight is 281 g/mol. The molecule has 2 nitrogen and oxygen atoms in total. The van der Waals surface area contributed by atoms with Gasteiger partial charge in [0.05, 0.1) is 0 Å². The van der Waals surface area contributed by atoms with Gasteiger partial charge in [-0.2, -0.15) is 0 Å². The second-order valence-electron chi connectivity index (χ2n) is 5.66. The largest absolute Gasteiger partial charge is 0.384 e. The van der Waals surface area contributed by atoms with Gasteiger partial charge in [0.2, 0.25) is 0 Å². The highest BCUT2D eigenvalue weighted by molar-refractivity contribution is 6.30. The fraction of sp³-hybridized carbons (Fsp3) is 0.625. The Kier molecular flexibility index (Phi) is 5.53. The van der Waals surface area contributed by atoms with Crippen molar-refractivity contribution in [2.24, 2.45) is 0 Å². The molecule has 0 amide bonds. The second kappa shape index (κ2) is 7.16. The van der Waals surface area contributed by atoms with Crippen LogP contribution in [0.5, 0.6) is 0 Å². The van der Waals surface area contributed by atoms with E-state index in [0.717, 1.165) is 29.8 Å². The van der Waals surface area contributed by atoms with Crippen LogP contribution in [0.1, 0.15) is 37.7 Å². The van der Waals surface area contributed by atoms with Gasteiger partial charge in [-0.25, -0.2) is 0 Å². The number of benzene rings is 1. The molecular weight excluding hydrogens is 256 g/mol. The number of likely N-dealkylation sites (N-methyl/N-ethyl adjacent to an activating group) is 1. The molecule has 0 aliphatic heterocycles. The van der Waals surface area contributed by atoms with Crippen LogP contribution in [0.15, 0.2) is 18.2 Å². The Morgan fingerprint density at radius 2 is 2.00 bits per heavy atom. The Morgan fingerprint density at radius 3 is 2.74 bits per heavy atom. The zero-order valence-corrected chi connectivity index (χ0v) is 12.8. The van der Waals surface area contributed by atoms with Crippen LogP contribution in [0.25, 0.3) is 0 Å². The van der Waals surface area contributed by atoms with E-state index in [-0.39, 0.29) is 0 Å². The van der Waals surface area contributed by atoms with Crippen LogP contribution < -0.4 is 5.32 Å². The maximum atomic E-state index is 6.03. The van der Waals surface area contributed by atoms with Crippen LogP contribution >= 0.6 is 11.6 Å². The van der Waals surface area contributed by atoms with E-state index in [1.165, 1.54) is 37.7 Å². The fourth-order valence-corrected chi connectivity index (χ4v) is 3.03. The van der Waals surface area contributed by atoms with Crippen molar-refractivity contribution in [3.63, 3.8) is 0 Å². The predicted octanol–water partition coefficient (Wildman–Crippen LogP) is 4.32. The van der Waals surface area contributed by atoms with Gasteiger partial charge in [0, 0.05) is 29.8 Å². The molecule has 1 N–H and O–H groups in total. The molecule has 106 valence electrons. The molecule has 1 aliphatic rings. The van der Waals surface area contributed by atoms with Gasteiger partial charge in [-0.15, -0.1) is 0 Å². The van der Waals surface area contributed by atoms with Crippen LogP contribution in [-0.4, -0.2) is 31.1 Å². The molecule has 0 atom stereocenters. The number of hydrogen-bond acceptors (Lipinski definition) is 2. The summed E-state index contributed by atoms with van der Waals surface area (Å²) in [6, 6.07) is 6.81. The first-order valence-electron chi connectivity index (χ1n) is 7.37. The minimum Gasteiger partial charge on any atom is -0.384 e. The molecule has 2 rings (SSSR count). The van der Waals surface area contributed by atoms with Crippen LogP contribution in [-0.2, 0) is 0 Å². The standard InChI is InChI=1S/C16H25ClN2/c1-13-8-9-14(17)12-16(13)18-10-11-19(2)15-6-4-3-5-7-15/h8-9,12,15,18H,3-7,10-11H2,1-2H3. The van der Waals surface area contributed by atoms with Crippen molar-refractivity contribution in [2.75, 3.05) is 25.5 Å². The molecule has 1 aliphatic carbocycles. The van der Waals surface area contributed by atoms with E-state index in [0.29, 0.717) is 0 Å². The molecule has 1 saturated carbocycles. The summed E-state index contributed by atoms with van der Waals surface area (Å²) in [5.74, 6) is 0. The van der Waals surface area contributed by atoms with Crippen molar-refractivity contribution in [2.45, 2.75) is 45.1 Å². The third-order valence-electron chi connectivity index (χ3n) is 4.18. The molecule has 19 heavy (non-hydrogen) atoms. The van der Waals surface area contributed by atoms with Crippen LogP contribution in [0, 0.1) is 6.92 Å². The van der Waals surface area contributed by atoms with E-state index < -0.39 is 0 Å². The number of nitrogens with one attached hydrogen (secondary N) is 1. The molecule has 0 aromatic heterocycles. The summed E-state index contributed by atoms with van der Waals surface area (Å²) >= 11 is 6.03. The van der Waals surface area contributed by atoms with Gasteiger partial charge in [-0.3, -0.25) is 0 Å². The van der Waals surface area contributed by atoms with Gasteiger partial charge in [0.15, 0.2) is 0 Å². The summed E-state index contributed by atoms with van der Waals surface area (Å²) in [7, 11) is 2.25. The Morgan fingerprint density at radius 1 is 1.26 bits per heavy atom.